The number of nitrogens with zero attached hydrogens (tertiary/aromatic N) is 3. The molecule has 1 N–H and O–H groups in total. The summed E-state index contributed by atoms with van der Waals surface area (Å²) >= 11 is 0. The lowest BCUT2D eigenvalue weighted by Gasteiger charge is -2.19. The summed E-state index contributed by atoms with van der Waals surface area (Å²) in [6, 6.07) is 3.82. The number of halogens is 3. The fraction of sp³-hybridized carbons (Fsp3) is 0.389. The molecule has 0 aromatic carbocycles. The number of carbonyl (C=O) groups is 1. The van der Waals surface area contributed by atoms with Gasteiger partial charge in [-0.1, -0.05) is 6.92 Å². The van der Waals surface area contributed by atoms with Crippen LogP contribution in [-0.4, -0.2) is 45.0 Å². The molecule has 1 saturated heterocycles. The minimum Gasteiger partial charge on any atom is -0.360 e. The summed E-state index contributed by atoms with van der Waals surface area (Å²) in [4.78, 5) is 25.0. The van der Waals surface area contributed by atoms with Gasteiger partial charge in [0, 0.05) is 42.2 Å². The third-order valence-electron chi connectivity index (χ3n) is 5.04. The van der Waals surface area contributed by atoms with Gasteiger partial charge in [0.2, 0.25) is 5.91 Å². The van der Waals surface area contributed by atoms with Crippen LogP contribution in [0.2, 0.25) is 0 Å². The van der Waals surface area contributed by atoms with Crippen LogP contribution in [0.5, 0.6) is 0 Å². The van der Waals surface area contributed by atoms with E-state index in [0.717, 1.165) is 21.9 Å². The van der Waals surface area contributed by atoms with Gasteiger partial charge in [0.05, 0.1) is 11.7 Å². The number of carbonyl (C=O) groups excluding carboxylic acids is 1. The standard InChI is InChI=1S/C18H17F3N4O/c1-10-8-25(15(26)6-18(19,20)21)9-13(10)11-2-4-22-14-7-24-17-12(16(11)14)3-5-23-17/h2-5,7,10,13,22H,6,8-9H2,1H3. The number of aromatic nitrogens is 3. The summed E-state index contributed by atoms with van der Waals surface area (Å²) in [6.45, 7) is 2.58. The van der Waals surface area contributed by atoms with E-state index in [-0.39, 0.29) is 18.4 Å². The summed E-state index contributed by atoms with van der Waals surface area (Å²) < 4.78 is 37.7. The summed E-state index contributed by atoms with van der Waals surface area (Å²) in [5, 5.41) is 1.87. The second-order valence-electron chi connectivity index (χ2n) is 6.84. The first-order chi connectivity index (χ1) is 12.3. The molecule has 1 aliphatic rings. The maximum atomic E-state index is 12.6. The molecule has 8 heteroatoms. The Labute approximate surface area is 147 Å². The maximum absolute atomic E-state index is 12.6. The number of pyridine rings is 2. The van der Waals surface area contributed by atoms with Crippen molar-refractivity contribution in [2.24, 2.45) is 5.92 Å². The SMILES string of the molecule is CC1CN(C(=O)CC(F)(F)F)CC1c1cc[nH]c2cnc3nccc3c12. The maximum Gasteiger partial charge on any atom is 0.397 e. The molecular formula is C18H17F3N4O. The van der Waals surface area contributed by atoms with E-state index in [1.165, 1.54) is 4.90 Å². The number of alkyl halides is 3. The van der Waals surface area contributed by atoms with Gasteiger partial charge < -0.3 is 9.88 Å². The number of hydrogen-bond donors (Lipinski definition) is 1. The molecule has 0 radical (unpaired) electrons. The molecule has 0 saturated carbocycles. The normalized spacial score (nSPS) is 21.0. The van der Waals surface area contributed by atoms with Gasteiger partial charge in [-0.2, -0.15) is 13.2 Å². The lowest BCUT2D eigenvalue weighted by Crippen LogP contribution is -2.32. The van der Waals surface area contributed by atoms with Crippen molar-refractivity contribution in [3.8, 4) is 0 Å². The summed E-state index contributed by atoms with van der Waals surface area (Å²) in [5.41, 5.74) is 2.48. The van der Waals surface area contributed by atoms with Gasteiger partial charge in [-0.25, -0.2) is 9.97 Å². The topological polar surface area (TPSA) is 61.9 Å². The van der Waals surface area contributed by atoms with E-state index < -0.39 is 18.5 Å². The molecule has 136 valence electrons. The molecule has 3 aromatic rings. The van der Waals surface area contributed by atoms with Crippen molar-refractivity contribution in [3.05, 3.63) is 36.3 Å². The zero-order valence-electron chi connectivity index (χ0n) is 14.0. The van der Waals surface area contributed by atoms with E-state index in [1.807, 2.05) is 19.1 Å². The van der Waals surface area contributed by atoms with Crippen LogP contribution < -0.4 is 0 Å². The van der Waals surface area contributed by atoms with Crippen molar-refractivity contribution >= 4 is 27.8 Å². The van der Waals surface area contributed by atoms with Crippen LogP contribution >= 0.6 is 0 Å². The van der Waals surface area contributed by atoms with Crippen molar-refractivity contribution in [3.63, 3.8) is 0 Å². The average molecular weight is 362 g/mol. The molecule has 5 nitrogen and oxygen atoms in total. The van der Waals surface area contributed by atoms with Crippen LogP contribution in [0.4, 0.5) is 13.2 Å². The van der Waals surface area contributed by atoms with Crippen molar-refractivity contribution in [1.29, 1.82) is 0 Å². The number of likely N-dealkylation sites (tertiary alicyclic amines) is 1. The predicted molar refractivity (Wildman–Crippen MR) is 90.6 cm³/mol. The lowest BCUT2D eigenvalue weighted by atomic mass is 9.88. The van der Waals surface area contributed by atoms with Crippen molar-refractivity contribution in [2.75, 3.05) is 13.1 Å². The highest BCUT2D eigenvalue weighted by atomic mass is 19.4. The molecule has 4 heterocycles. The van der Waals surface area contributed by atoms with Crippen molar-refractivity contribution in [2.45, 2.75) is 25.4 Å². The molecule has 2 atom stereocenters. The van der Waals surface area contributed by atoms with Gasteiger partial charge in [0.1, 0.15) is 6.42 Å². The lowest BCUT2D eigenvalue weighted by molar-refractivity contribution is -0.160. The fourth-order valence-corrected chi connectivity index (χ4v) is 3.85. The molecule has 1 fully saturated rings. The van der Waals surface area contributed by atoms with E-state index >= 15 is 0 Å². The van der Waals surface area contributed by atoms with Crippen molar-refractivity contribution in [1.82, 2.24) is 19.9 Å². The third kappa shape index (κ3) is 2.89. The number of nitrogens with one attached hydrogen (secondary N) is 1. The molecule has 3 aromatic heterocycles. The van der Waals surface area contributed by atoms with Crippen molar-refractivity contribution < 1.29 is 18.0 Å². The first kappa shape index (κ1) is 16.8. The van der Waals surface area contributed by atoms with Gasteiger partial charge >= 0.3 is 6.18 Å². The van der Waals surface area contributed by atoms with E-state index in [0.29, 0.717) is 12.2 Å². The fourth-order valence-electron chi connectivity index (χ4n) is 3.85. The van der Waals surface area contributed by atoms with Crippen LogP contribution in [0, 0.1) is 5.92 Å². The van der Waals surface area contributed by atoms with Crippen LogP contribution in [-0.2, 0) is 4.79 Å². The first-order valence-electron chi connectivity index (χ1n) is 8.39. The molecule has 26 heavy (non-hydrogen) atoms. The first-order valence-corrected chi connectivity index (χ1v) is 8.39. The Morgan fingerprint density at radius 3 is 2.88 bits per heavy atom. The summed E-state index contributed by atoms with van der Waals surface area (Å²) in [5.74, 6) is -0.839. The summed E-state index contributed by atoms with van der Waals surface area (Å²) in [7, 11) is 0. The monoisotopic (exact) mass is 362 g/mol. The summed E-state index contributed by atoms with van der Waals surface area (Å²) in [6.07, 6.45) is -0.692. The van der Waals surface area contributed by atoms with Crippen LogP contribution in [0.1, 0.15) is 24.8 Å². The number of amides is 1. The van der Waals surface area contributed by atoms with E-state index in [4.69, 9.17) is 0 Å². The Morgan fingerprint density at radius 2 is 2.12 bits per heavy atom. The van der Waals surface area contributed by atoms with E-state index in [9.17, 15) is 18.0 Å². The minimum atomic E-state index is -4.48. The highest BCUT2D eigenvalue weighted by Gasteiger charge is 2.39. The Morgan fingerprint density at radius 1 is 1.31 bits per heavy atom. The highest BCUT2D eigenvalue weighted by molar-refractivity contribution is 6.05. The Bertz CT molecular complexity index is 981. The van der Waals surface area contributed by atoms with E-state index in [2.05, 4.69) is 15.0 Å². The zero-order valence-corrected chi connectivity index (χ0v) is 14.0. The number of rotatable bonds is 2. The number of H-pyrrole nitrogens is 1. The number of hydrogen-bond acceptors (Lipinski definition) is 3. The van der Waals surface area contributed by atoms with E-state index in [1.54, 1.807) is 18.6 Å². The van der Waals surface area contributed by atoms with Gasteiger partial charge in [-0.3, -0.25) is 4.79 Å². The molecule has 4 rings (SSSR count). The predicted octanol–water partition coefficient (Wildman–Crippen LogP) is 3.63. The smallest absolute Gasteiger partial charge is 0.360 e. The molecule has 0 aliphatic carbocycles. The molecule has 0 spiro atoms. The van der Waals surface area contributed by atoms with Crippen LogP contribution in [0.3, 0.4) is 0 Å². The Kier molecular flexibility index (Phi) is 3.86. The average Bonchev–Trinajstić information content (AvgIpc) is 3.19. The van der Waals surface area contributed by atoms with Gasteiger partial charge in [0.15, 0.2) is 5.65 Å². The minimum absolute atomic E-state index is 0.0372. The second kappa shape index (κ2) is 5.96. The third-order valence-corrected chi connectivity index (χ3v) is 5.04. The quantitative estimate of drug-likeness (QED) is 0.757. The largest absolute Gasteiger partial charge is 0.397 e. The molecule has 0 bridgehead atoms. The number of fused-ring (bicyclic) bond motifs is 3. The van der Waals surface area contributed by atoms with Gasteiger partial charge in [0.25, 0.3) is 0 Å². The molecule has 1 aliphatic heterocycles. The molecule has 1 amide bonds. The van der Waals surface area contributed by atoms with Gasteiger partial charge in [-0.05, 0) is 23.6 Å². The molecular weight excluding hydrogens is 345 g/mol. The van der Waals surface area contributed by atoms with Crippen LogP contribution in [0.15, 0.2) is 30.7 Å². The molecule has 2 unspecified atom stereocenters. The second-order valence-corrected chi connectivity index (χ2v) is 6.84. The Balaban J connectivity index is 1.72. The Hall–Kier alpha value is -2.64. The zero-order chi connectivity index (χ0) is 18.5. The number of aromatic amines is 1. The van der Waals surface area contributed by atoms with Gasteiger partial charge in [-0.15, -0.1) is 0 Å². The highest BCUT2D eigenvalue weighted by Crippen LogP contribution is 2.38. The van der Waals surface area contributed by atoms with Crippen LogP contribution in [0.25, 0.3) is 21.9 Å².